The van der Waals surface area contributed by atoms with Gasteiger partial charge in [-0.2, -0.15) is 0 Å². The van der Waals surface area contributed by atoms with Crippen molar-refractivity contribution in [1.82, 2.24) is 10.2 Å². The Balaban J connectivity index is 1.84. The van der Waals surface area contributed by atoms with Crippen LogP contribution in [0, 0.1) is 0 Å². The summed E-state index contributed by atoms with van der Waals surface area (Å²) in [6, 6.07) is 7.50. The van der Waals surface area contributed by atoms with Gasteiger partial charge >= 0.3 is 0 Å². The second kappa shape index (κ2) is 6.84. The maximum absolute atomic E-state index is 12.3. The number of halogens is 3. The van der Waals surface area contributed by atoms with Gasteiger partial charge in [0.25, 0.3) is 11.8 Å². The highest BCUT2D eigenvalue weighted by atomic mass is 35.5. The van der Waals surface area contributed by atoms with Gasteiger partial charge in [0.05, 0.1) is 10.6 Å². The van der Waals surface area contributed by atoms with E-state index in [1.165, 1.54) is 36.4 Å². The minimum Gasteiger partial charge on any atom is -0.352 e. The van der Waals surface area contributed by atoms with Crippen LogP contribution in [-0.4, -0.2) is 30.4 Å². The lowest BCUT2D eigenvalue weighted by atomic mass is 10.3. The molecule has 0 saturated heterocycles. The molecule has 12 heteroatoms. The van der Waals surface area contributed by atoms with Crippen LogP contribution in [0.25, 0.3) is 4.72 Å². The summed E-state index contributed by atoms with van der Waals surface area (Å²) in [4.78, 5) is 24.5. The van der Waals surface area contributed by atoms with Crippen LogP contribution in [0.1, 0.15) is 0 Å². The Morgan fingerprint density at radius 1 is 0.846 bits per heavy atom. The first-order valence-corrected chi connectivity index (χ1v) is 9.29. The van der Waals surface area contributed by atoms with E-state index in [9.17, 15) is 18.0 Å². The molecule has 0 N–H and O–H groups in total. The van der Waals surface area contributed by atoms with E-state index in [-0.39, 0.29) is 21.6 Å². The predicted octanol–water partition coefficient (Wildman–Crippen LogP) is 3.09. The summed E-state index contributed by atoms with van der Waals surface area (Å²) in [5.41, 5.74) is 0.110. The van der Waals surface area contributed by atoms with E-state index < -0.39 is 31.9 Å². The first-order valence-electron chi connectivity index (χ1n) is 6.72. The number of anilines is 1. The van der Waals surface area contributed by atoms with Crippen LogP contribution >= 0.6 is 34.8 Å². The first-order chi connectivity index (χ1) is 12.2. The van der Waals surface area contributed by atoms with Gasteiger partial charge in [0.1, 0.15) is 15.2 Å². The summed E-state index contributed by atoms with van der Waals surface area (Å²) in [6.45, 7) is 0. The molecule has 1 aliphatic rings. The molecule has 3 rings (SSSR count). The molecule has 2 aromatic rings. The zero-order valence-corrected chi connectivity index (χ0v) is 15.5. The lowest BCUT2D eigenvalue weighted by Crippen LogP contribution is -2.30. The Morgan fingerprint density at radius 3 is 1.92 bits per heavy atom. The summed E-state index contributed by atoms with van der Waals surface area (Å²) in [5, 5.41) is 6.34. The summed E-state index contributed by atoms with van der Waals surface area (Å²) in [5.74, 6) is -1.73. The molecule has 0 spiro atoms. The Kier molecular flexibility index (Phi) is 4.89. The molecule has 26 heavy (non-hydrogen) atoms. The molecule has 8 nitrogen and oxygen atoms in total. The van der Waals surface area contributed by atoms with E-state index in [1.807, 2.05) is 0 Å². The molecule has 0 atom stereocenters. The average molecular weight is 433 g/mol. The summed E-state index contributed by atoms with van der Waals surface area (Å²) >= 11 is 16.9. The van der Waals surface area contributed by atoms with Crippen LogP contribution in [0.15, 0.2) is 51.4 Å². The van der Waals surface area contributed by atoms with E-state index in [2.05, 4.69) is 14.9 Å². The van der Waals surface area contributed by atoms with Crippen LogP contribution < -0.4 is 4.90 Å². The van der Waals surface area contributed by atoms with Gasteiger partial charge in [-0.3, -0.25) is 9.59 Å². The third kappa shape index (κ3) is 3.38. The molecule has 134 valence electrons. The van der Waals surface area contributed by atoms with Gasteiger partial charge in [-0.1, -0.05) is 40.9 Å². The minimum atomic E-state index is -4.09. The fourth-order valence-corrected chi connectivity index (χ4v) is 3.37. The Bertz CT molecular complexity index is 1010. The van der Waals surface area contributed by atoms with Crippen LogP contribution in [0.2, 0.25) is 5.15 Å². The molecule has 1 aromatic carbocycles. The molecule has 0 aliphatic carbocycles. The molecule has 0 unspecified atom stereocenters. The average Bonchev–Trinajstić information content (AvgIpc) is 2.80. The number of hydrogen-bond donors (Lipinski definition) is 0. The highest BCUT2D eigenvalue weighted by Crippen LogP contribution is 2.32. The van der Waals surface area contributed by atoms with Crippen LogP contribution in [0.4, 0.5) is 11.5 Å². The molecular formula is C14H6Cl3N4O4S-. The van der Waals surface area contributed by atoms with Gasteiger partial charge in [-0.25, -0.2) is 18.4 Å². The zero-order valence-electron chi connectivity index (χ0n) is 12.4. The number of carbonyl (C=O) groups is 2. The van der Waals surface area contributed by atoms with Gasteiger partial charge in [0.15, 0.2) is 0 Å². The van der Waals surface area contributed by atoms with Crippen molar-refractivity contribution in [2.75, 3.05) is 4.90 Å². The largest absolute Gasteiger partial charge is 0.352 e. The van der Waals surface area contributed by atoms with Crippen molar-refractivity contribution in [3.05, 3.63) is 56.3 Å². The summed E-state index contributed by atoms with van der Waals surface area (Å²) in [6.07, 6.45) is 0. The number of nitrogens with zero attached hydrogens (tertiary/aromatic N) is 4. The molecule has 1 aliphatic heterocycles. The van der Waals surface area contributed by atoms with Crippen molar-refractivity contribution in [2.24, 2.45) is 0 Å². The summed E-state index contributed by atoms with van der Waals surface area (Å²) in [7, 11) is -4.09. The maximum atomic E-state index is 12.3. The Labute approximate surface area is 162 Å². The molecule has 0 saturated carbocycles. The normalized spacial score (nSPS) is 15.0. The van der Waals surface area contributed by atoms with Crippen molar-refractivity contribution in [3.8, 4) is 0 Å². The van der Waals surface area contributed by atoms with Gasteiger partial charge < -0.3 is 9.82 Å². The van der Waals surface area contributed by atoms with Gasteiger partial charge in [-0.15, -0.1) is 0 Å². The number of sulfonamides is 1. The smallest absolute Gasteiger partial charge is 0.278 e. The van der Waals surface area contributed by atoms with Crippen LogP contribution in [-0.2, 0) is 19.6 Å². The molecule has 0 bridgehead atoms. The molecule has 0 radical (unpaired) electrons. The number of imide groups is 1. The number of benzene rings is 1. The molecule has 0 fully saturated rings. The highest BCUT2D eigenvalue weighted by molar-refractivity contribution is 7.94. The topological polar surface area (TPSA) is 111 Å². The van der Waals surface area contributed by atoms with Crippen LogP contribution in [0.5, 0.6) is 0 Å². The number of hydrogen-bond acceptors (Lipinski definition) is 6. The molecular weight excluding hydrogens is 427 g/mol. The van der Waals surface area contributed by atoms with Crippen LogP contribution in [0.3, 0.4) is 0 Å². The van der Waals surface area contributed by atoms with E-state index in [4.69, 9.17) is 34.8 Å². The Hall–Kier alpha value is -2.20. The third-order valence-electron chi connectivity index (χ3n) is 3.20. The lowest BCUT2D eigenvalue weighted by molar-refractivity contribution is -0.120. The first kappa shape index (κ1) is 18.6. The van der Waals surface area contributed by atoms with E-state index in [1.54, 1.807) is 0 Å². The Morgan fingerprint density at radius 2 is 1.42 bits per heavy atom. The van der Waals surface area contributed by atoms with Crippen molar-refractivity contribution in [3.63, 3.8) is 0 Å². The van der Waals surface area contributed by atoms with Crippen molar-refractivity contribution >= 4 is 68.1 Å². The van der Waals surface area contributed by atoms with Gasteiger partial charge in [-0.05, 0) is 36.1 Å². The standard InChI is InChI=1S/C14H6Cl3N4O4S/c15-9-5-6-10(19-18-9)20-26(24,25)8-3-1-7(2-4-8)21-13(22)11(16)12(17)14(21)23/h1-6H/q-1. The maximum Gasteiger partial charge on any atom is 0.278 e. The fourth-order valence-electron chi connectivity index (χ4n) is 2.01. The highest BCUT2D eigenvalue weighted by Gasteiger charge is 2.37. The second-order valence-corrected chi connectivity index (χ2v) is 7.60. The van der Waals surface area contributed by atoms with Crippen molar-refractivity contribution < 1.29 is 18.0 Å². The monoisotopic (exact) mass is 431 g/mol. The number of aromatic nitrogens is 2. The summed E-state index contributed by atoms with van der Waals surface area (Å²) < 4.78 is 28.1. The molecule has 1 aromatic heterocycles. The lowest BCUT2D eigenvalue weighted by Gasteiger charge is -2.17. The van der Waals surface area contributed by atoms with Crippen molar-refractivity contribution in [2.45, 2.75) is 4.90 Å². The fraction of sp³-hybridized carbons (Fsp3) is 0. The quantitative estimate of drug-likeness (QED) is 0.686. The number of amides is 2. The third-order valence-corrected chi connectivity index (χ3v) is 5.49. The van der Waals surface area contributed by atoms with Crippen molar-refractivity contribution in [1.29, 1.82) is 0 Å². The minimum absolute atomic E-state index is 0.0941. The zero-order chi connectivity index (χ0) is 19.1. The second-order valence-electron chi connectivity index (χ2n) is 4.85. The van der Waals surface area contributed by atoms with E-state index in [0.717, 1.165) is 4.90 Å². The number of rotatable bonds is 4. The predicted molar refractivity (Wildman–Crippen MR) is 94.9 cm³/mol. The number of carbonyl (C=O) groups excluding carboxylic acids is 2. The SMILES string of the molecule is O=C1C(Cl)=C(Cl)C(=O)N1c1ccc(S(=O)(=O)[N-]c2ccc(Cl)nn2)cc1. The van der Waals surface area contributed by atoms with Gasteiger partial charge in [0.2, 0.25) is 10.0 Å². The van der Waals surface area contributed by atoms with Gasteiger partial charge in [0, 0.05) is 0 Å². The van der Waals surface area contributed by atoms with E-state index >= 15 is 0 Å². The molecule has 2 heterocycles. The molecule has 2 amide bonds. The van der Waals surface area contributed by atoms with E-state index in [0.29, 0.717) is 0 Å².